The first-order valence-corrected chi connectivity index (χ1v) is 9.01. The molecule has 2 N–H and O–H groups in total. The maximum atomic E-state index is 12.5. The molecule has 6 heteroatoms. The van der Waals surface area contributed by atoms with Gasteiger partial charge in [-0.2, -0.15) is 0 Å². The van der Waals surface area contributed by atoms with Gasteiger partial charge in [-0.25, -0.2) is 4.79 Å². The van der Waals surface area contributed by atoms with Crippen molar-refractivity contribution in [2.24, 2.45) is 0 Å². The second kappa shape index (κ2) is 9.41. The number of esters is 1. The molecule has 0 saturated carbocycles. The molecule has 3 aromatic rings. The molecule has 0 aliphatic carbocycles. The Balaban J connectivity index is 1.69. The van der Waals surface area contributed by atoms with Crippen LogP contribution in [0.5, 0.6) is 11.5 Å². The molecule has 6 nitrogen and oxygen atoms in total. The van der Waals surface area contributed by atoms with Crippen molar-refractivity contribution in [1.82, 2.24) is 5.32 Å². The first-order chi connectivity index (χ1) is 14.1. The van der Waals surface area contributed by atoms with Crippen molar-refractivity contribution in [2.45, 2.75) is 6.04 Å². The highest BCUT2D eigenvalue weighted by atomic mass is 16.5. The topological polar surface area (TPSA) is 84.9 Å². The molecule has 0 saturated heterocycles. The van der Waals surface area contributed by atoms with Crippen LogP contribution in [0.25, 0.3) is 0 Å². The predicted molar refractivity (Wildman–Crippen MR) is 108 cm³/mol. The van der Waals surface area contributed by atoms with Crippen LogP contribution < -0.4 is 10.1 Å². The molecule has 3 rings (SSSR count). The number of hydrogen-bond donors (Lipinski definition) is 2. The van der Waals surface area contributed by atoms with E-state index in [1.54, 1.807) is 7.11 Å². The number of methoxy groups -OCH3 is 1. The minimum atomic E-state index is -0.638. The molecular weight excluding hydrogens is 370 g/mol. The number of amides is 1. The monoisotopic (exact) mass is 391 g/mol. The van der Waals surface area contributed by atoms with Crippen LogP contribution in [-0.2, 0) is 9.53 Å². The average molecular weight is 391 g/mol. The largest absolute Gasteiger partial charge is 0.508 e. The van der Waals surface area contributed by atoms with Gasteiger partial charge in [0.25, 0.3) is 5.91 Å². The highest BCUT2D eigenvalue weighted by molar-refractivity contribution is 5.91. The standard InChI is InChI=1S/C23H21NO5/c1-28-20-13-9-17(10-14-20)22(16-5-3-2-4-6-16)24-21(26)15-29-23(27)18-7-11-19(25)12-8-18/h2-14,22,25H,15H2,1H3,(H,24,26)/t22-/m0/s1. The molecule has 3 aromatic carbocycles. The zero-order chi connectivity index (χ0) is 20.6. The SMILES string of the molecule is COc1ccc([C@@H](NC(=O)COC(=O)c2ccc(O)cc2)c2ccccc2)cc1. The second-order valence-corrected chi connectivity index (χ2v) is 6.31. The van der Waals surface area contributed by atoms with Crippen LogP contribution in [0.4, 0.5) is 0 Å². The van der Waals surface area contributed by atoms with Gasteiger partial charge in [0.2, 0.25) is 0 Å². The van der Waals surface area contributed by atoms with Gasteiger partial charge in [-0.1, -0.05) is 42.5 Å². The quantitative estimate of drug-likeness (QED) is 0.603. The number of hydrogen-bond acceptors (Lipinski definition) is 5. The summed E-state index contributed by atoms with van der Waals surface area (Å²) in [6.45, 7) is -0.417. The second-order valence-electron chi connectivity index (χ2n) is 6.31. The summed E-state index contributed by atoms with van der Waals surface area (Å²) >= 11 is 0. The number of phenolic OH excluding ortho intramolecular Hbond substituents is 1. The fraction of sp³-hybridized carbons (Fsp3) is 0.130. The van der Waals surface area contributed by atoms with Crippen LogP contribution in [0, 0.1) is 0 Å². The first kappa shape index (κ1) is 19.9. The Bertz CT molecular complexity index is 953. The van der Waals surface area contributed by atoms with Crippen LogP contribution in [0.1, 0.15) is 27.5 Å². The molecule has 0 radical (unpaired) electrons. The van der Waals surface area contributed by atoms with Crippen LogP contribution in [-0.4, -0.2) is 30.7 Å². The lowest BCUT2D eigenvalue weighted by atomic mass is 9.98. The summed E-state index contributed by atoms with van der Waals surface area (Å²) in [7, 11) is 1.59. The number of carbonyl (C=O) groups is 2. The molecule has 0 bridgehead atoms. The fourth-order valence-electron chi connectivity index (χ4n) is 2.82. The predicted octanol–water partition coefficient (Wildman–Crippen LogP) is 3.46. The van der Waals surface area contributed by atoms with E-state index in [-0.39, 0.29) is 11.3 Å². The third-order valence-electron chi connectivity index (χ3n) is 4.32. The van der Waals surface area contributed by atoms with Crippen molar-refractivity contribution >= 4 is 11.9 Å². The van der Waals surface area contributed by atoms with E-state index >= 15 is 0 Å². The molecule has 0 unspecified atom stereocenters. The van der Waals surface area contributed by atoms with E-state index < -0.39 is 24.5 Å². The molecule has 1 amide bonds. The fourth-order valence-corrected chi connectivity index (χ4v) is 2.82. The first-order valence-electron chi connectivity index (χ1n) is 9.01. The Morgan fingerprint density at radius 3 is 2.14 bits per heavy atom. The molecule has 0 aliphatic heterocycles. The summed E-state index contributed by atoms with van der Waals surface area (Å²) < 4.78 is 10.3. The number of carbonyl (C=O) groups excluding carboxylic acids is 2. The molecule has 148 valence electrons. The molecule has 1 atom stereocenters. The van der Waals surface area contributed by atoms with Gasteiger partial charge >= 0.3 is 5.97 Å². The summed E-state index contributed by atoms with van der Waals surface area (Å²) in [6, 6.07) is 22.1. The van der Waals surface area contributed by atoms with Crippen LogP contribution >= 0.6 is 0 Å². The van der Waals surface area contributed by atoms with Gasteiger partial charge in [-0.3, -0.25) is 4.79 Å². The van der Waals surface area contributed by atoms with Gasteiger partial charge in [-0.15, -0.1) is 0 Å². The summed E-state index contributed by atoms with van der Waals surface area (Å²) in [5.74, 6) is -0.304. The number of aromatic hydroxyl groups is 1. The highest BCUT2D eigenvalue weighted by Crippen LogP contribution is 2.24. The van der Waals surface area contributed by atoms with E-state index in [0.29, 0.717) is 0 Å². The third-order valence-corrected chi connectivity index (χ3v) is 4.32. The Hall–Kier alpha value is -3.80. The van der Waals surface area contributed by atoms with E-state index in [1.165, 1.54) is 24.3 Å². The van der Waals surface area contributed by atoms with Gasteiger partial charge in [0.15, 0.2) is 6.61 Å². The normalized spacial score (nSPS) is 11.3. The van der Waals surface area contributed by atoms with Gasteiger partial charge in [-0.05, 0) is 47.5 Å². The Morgan fingerprint density at radius 2 is 1.52 bits per heavy atom. The molecule has 0 aliphatic rings. The van der Waals surface area contributed by atoms with Crippen molar-refractivity contribution < 1.29 is 24.2 Å². The van der Waals surface area contributed by atoms with Crippen molar-refractivity contribution in [3.05, 3.63) is 95.6 Å². The van der Waals surface area contributed by atoms with Crippen molar-refractivity contribution in [2.75, 3.05) is 13.7 Å². The lowest BCUT2D eigenvalue weighted by Crippen LogP contribution is -2.33. The van der Waals surface area contributed by atoms with E-state index in [4.69, 9.17) is 9.47 Å². The maximum absolute atomic E-state index is 12.5. The number of nitrogens with one attached hydrogen (secondary N) is 1. The minimum absolute atomic E-state index is 0.0458. The molecule has 0 fully saturated rings. The van der Waals surface area contributed by atoms with Crippen molar-refractivity contribution in [3.8, 4) is 11.5 Å². The molecule has 0 spiro atoms. The molecule has 0 aromatic heterocycles. The summed E-state index contributed by atoms with van der Waals surface area (Å²) in [6.07, 6.45) is 0. The third kappa shape index (κ3) is 5.35. The van der Waals surface area contributed by atoms with E-state index in [9.17, 15) is 14.7 Å². The number of ether oxygens (including phenoxy) is 2. The molecule has 29 heavy (non-hydrogen) atoms. The minimum Gasteiger partial charge on any atom is -0.508 e. The van der Waals surface area contributed by atoms with Crippen LogP contribution in [0.15, 0.2) is 78.9 Å². The molecular formula is C23H21NO5. The van der Waals surface area contributed by atoms with Crippen molar-refractivity contribution in [3.63, 3.8) is 0 Å². The molecule has 0 heterocycles. The van der Waals surface area contributed by atoms with Gasteiger partial charge in [0.1, 0.15) is 11.5 Å². The number of rotatable bonds is 7. The van der Waals surface area contributed by atoms with Crippen molar-refractivity contribution in [1.29, 1.82) is 0 Å². The zero-order valence-electron chi connectivity index (χ0n) is 15.9. The average Bonchev–Trinajstić information content (AvgIpc) is 2.77. The highest BCUT2D eigenvalue weighted by Gasteiger charge is 2.18. The van der Waals surface area contributed by atoms with Gasteiger partial charge in [0.05, 0.1) is 18.7 Å². The Kier molecular flexibility index (Phi) is 6.47. The van der Waals surface area contributed by atoms with Crippen LogP contribution in [0.2, 0.25) is 0 Å². The van der Waals surface area contributed by atoms with E-state index in [1.807, 2.05) is 54.6 Å². The number of phenols is 1. The zero-order valence-corrected chi connectivity index (χ0v) is 15.9. The van der Waals surface area contributed by atoms with E-state index in [0.717, 1.165) is 16.9 Å². The lowest BCUT2D eigenvalue weighted by Gasteiger charge is -2.20. The van der Waals surface area contributed by atoms with Crippen LogP contribution in [0.3, 0.4) is 0 Å². The summed E-state index contributed by atoms with van der Waals surface area (Å²) in [5.41, 5.74) is 2.02. The van der Waals surface area contributed by atoms with Gasteiger partial charge in [0, 0.05) is 0 Å². The maximum Gasteiger partial charge on any atom is 0.338 e. The summed E-state index contributed by atoms with van der Waals surface area (Å²) in [5, 5.41) is 12.2. The van der Waals surface area contributed by atoms with E-state index in [2.05, 4.69) is 5.32 Å². The van der Waals surface area contributed by atoms with Gasteiger partial charge < -0.3 is 19.9 Å². The lowest BCUT2D eigenvalue weighted by molar-refractivity contribution is -0.124. The summed E-state index contributed by atoms with van der Waals surface area (Å²) in [4.78, 5) is 24.5. The Labute approximate surface area is 168 Å². The Morgan fingerprint density at radius 1 is 0.897 bits per heavy atom. The smallest absolute Gasteiger partial charge is 0.338 e. The number of benzene rings is 3.